The van der Waals surface area contributed by atoms with E-state index in [2.05, 4.69) is 28.8 Å². The molecule has 2 saturated heterocycles. The maximum absolute atomic E-state index is 11.9. The van der Waals surface area contributed by atoms with Gasteiger partial charge in [-0.15, -0.1) is 0 Å². The Morgan fingerprint density at radius 3 is 2.29 bits per heavy atom. The first kappa shape index (κ1) is 21.4. The van der Waals surface area contributed by atoms with E-state index in [0.29, 0.717) is 17.8 Å². The first-order valence-electron chi connectivity index (χ1n) is 10.1. The molecule has 158 valence electrons. The van der Waals surface area contributed by atoms with Gasteiger partial charge in [0, 0.05) is 57.3 Å². The number of anilines is 2. The molecular weight excluding hydrogens is 376 g/mol. The molecule has 1 aromatic rings. The van der Waals surface area contributed by atoms with Gasteiger partial charge in [0.2, 0.25) is 0 Å². The van der Waals surface area contributed by atoms with Crippen LogP contribution in [0.15, 0.2) is 24.3 Å². The third-order valence-corrected chi connectivity index (χ3v) is 7.08. The number of nitrogens with one attached hydrogen (secondary N) is 2. The summed E-state index contributed by atoms with van der Waals surface area (Å²) < 4.78 is 33.4. The van der Waals surface area contributed by atoms with Crippen LogP contribution in [0, 0.1) is 0 Å². The van der Waals surface area contributed by atoms with Gasteiger partial charge < -0.3 is 15.0 Å². The molecule has 2 aliphatic heterocycles. The highest BCUT2D eigenvalue weighted by Crippen LogP contribution is 2.26. The molecule has 2 heterocycles. The Morgan fingerprint density at radius 1 is 1.07 bits per heavy atom. The van der Waals surface area contributed by atoms with Gasteiger partial charge in [-0.1, -0.05) is 0 Å². The predicted molar refractivity (Wildman–Crippen MR) is 114 cm³/mol. The lowest BCUT2D eigenvalue weighted by atomic mass is 9.92. The molecule has 0 spiro atoms. The number of hydrogen-bond acceptors (Lipinski definition) is 5. The molecule has 1 atom stereocenters. The average Bonchev–Trinajstić information content (AvgIpc) is 2.62. The molecule has 0 aliphatic carbocycles. The summed E-state index contributed by atoms with van der Waals surface area (Å²) >= 11 is 0. The Kier molecular flexibility index (Phi) is 6.54. The highest BCUT2D eigenvalue weighted by molar-refractivity contribution is 7.90. The van der Waals surface area contributed by atoms with E-state index in [1.54, 1.807) is 0 Å². The van der Waals surface area contributed by atoms with Crippen molar-refractivity contribution in [2.75, 3.05) is 43.4 Å². The summed E-state index contributed by atoms with van der Waals surface area (Å²) in [7, 11) is -0.446. The second-order valence-electron chi connectivity index (χ2n) is 8.66. The fourth-order valence-corrected chi connectivity index (χ4v) is 4.61. The van der Waals surface area contributed by atoms with Crippen LogP contribution < -0.4 is 14.9 Å². The van der Waals surface area contributed by atoms with Gasteiger partial charge in [-0.25, -0.2) is 0 Å². The Bertz CT molecular complexity index is 741. The molecule has 2 fully saturated rings. The van der Waals surface area contributed by atoms with Crippen LogP contribution >= 0.6 is 0 Å². The zero-order valence-corrected chi connectivity index (χ0v) is 18.3. The van der Waals surface area contributed by atoms with E-state index in [1.807, 2.05) is 24.3 Å². The van der Waals surface area contributed by atoms with E-state index in [0.717, 1.165) is 55.4 Å². The zero-order chi connectivity index (χ0) is 20.4. The van der Waals surface area contributed by atoms with Gasteiger partial charge in [0.1, 0.15) is 0 Å². The fourth-order valence-electron chi connectivity index (χ4n) is 3.99. The number of ether oxygens (including phenoxy) is 1. The molecular formula is C20H34N4O3S. The SMILES string of the molecule is CN(C)S(=O)(=O)Nc1ccc(N2CCC(NC3CCOC(C)(C)C3)CC2)cc1. The molecule has 1 aromatic carbocycles. The summed E-state index contributed by atoms with van der Waals surface area (Å²) in [4.78, 5) is 2.37. The smallest absolute Gasteiger partial charge is 0.301 e. The van der Waals surface area contributed by atoms with Crippen molar-refractivity contribution in [3.8, 4) is 0 Å². The van der Waals surface area contributed by atoms with E-state index in [9.17, 15) is 8.42 Å². The van der Waals surface area contributed by atoms with Crippen LogP contribution in [0.4, 0.5) is 11.4 Å². The summed E-state index contributed by atoms with van der Waals surface area (Å²) in [6.45, 7) is 7.20. The van der Waals surface area contributed by atoms with Gasteiger partial charge in [0.15, 0.2) is 0 Å². The van der Waals surface area contributed by atoms with Crippen molar-refractivity contribution in [1.29, 1.82) is 0 Å². The number of nitrogens with zero attached hydrogens (tertiary/aromatic N) is 2. The molecule has 1 unspecified atom stereocenters. The maximum Gasteiger partial charge on any atom is 0.301 e. The quantitative estimate of drug-likeness (QED) is 0.753. The lowest BCUT2D eigenvalue weighted by molar-refractivity contribution is -0.0644. The monoisotopic (exact) mass is 410 g/mol. The summed E-state index contributed by atoms with van der Waals surface area (Å²) in [6.07, 6.45) is 4.39. The van der Waals surface area contributed by atoms with Gasteiger partial charge in [-0.3, -0.25) is 4.72 Å². The van der Waals surface area contributed by atoms with Crippen molar-refractivity contribution in [1.82, 2.24) is 9.62 Å². The Morgan fingerprint density at radius 2 is 1.71 bits per heavy atom. The van der Waals surface area contributed by atoms with Crippen LogP contribution in [-0.2, 0) is 14.9 Å². The Balaban J connectivity index is 1.49. The van der Waals surface area contributed by atoms with Crippen molar-refractivity contribution in [2.45, 2.75) is 57.2 Å². The average molecular weight is 411 g/mol. The molecule has 2 aliphatic rings. The molecule has 0 aromatic heterocycles. The molecule has 0 radical (unpaired) electrons. The van der Waals surface area contributed by atoms with Crippen molar-refractivity contribution in [3.63, 3.8) is 0 Å². The van der Waals surface area contributed by atoms with Gasteiger partial charge in [-0.2, -0.15) is 12.7 Å². The second kappa shape index (κ2) is 8.57. The van der Waals surface area contributed by atoms with E-state index in [1.165, 1.54) is 14.1 Å². The molecule has 8 heteroatoms. The summed E-state index contributed by atoms with van der Waals surface area (Å²) in [6, 6.07) is 8.73. The Hall–Kier alpha value is -1.35. The normalized spacial score (nSPS) is 23.8. The van der Waals surface area contributed by atoms with E-state index >= 15 is 0 Å². The first-order valence-corrected chi connectivity index (χ1v) is 11.5. The summed E-state index contributed by atoms with van der Waals surface area (Å²) in [5.41, 5.74) is 1.70. The van der Waals surface area contributed by atoms with Gasteiger partial charge >= 0.3 is 10.2 Å². The fraction of sp³-hybridized carbons (Fsp3) is 0.700. The van der Waals surface area contributed by atoms with Crippen molar-refractivity contribution in [2.24, 2.45) is 0 Å². The topological polar surface area (TPSA) is 73.9 Å². The van der Waals surface area contributed by atoms with Crippen LogP contribution in [0.2, 0.25) is 0 Å². The Labute approximate surface area is 169 Å². The standard InChI is InChI=1S/C20H34N4O3S/c1-20(2)15-18(11-14-27-20)21-16-9-12-24(13-10-16)19-7-5-17(6-8-19)22-28(25,26)23(3)4/h5-8,16,18,21-22H,9-15H2,1-4H3. The largest absolute Gasteiger partial charge is 0.375 e. The van der Waals surface area contributed by atoms with E-state index in [4.69, 9.17) is 4.74 Å². The summed E-state index contributed by atoms with van der Waals surface area (Å²) in [5, 5.41) is 3.84. The molecule has 2 N–H and O–H groups in total. The third kappa shape index (κ3) is 5.59. The lowest BCUT2D eigenvalue weighted by Gasteiger charge is -2.40. The molecule has 7 nitrogen and oxygen atoms in total. The van der Waals surface area contributed by atoms with Crippen LogP contribution in [0.1, 0.15) is 39.5 Å². The second-order valence-corrected chi connectivity index (χ2v) is 10.5. The number of benzene rings is 1. The van der Waals surface area contributed by atoms with Gasteiger partial charge in [0.05, 0.1) is 5.60 Å². The zero-order valence-electron chi connectivity index (χ0n) is 17.4. The molecule has 3 rings (SSSR count). The molecule has 28 heavy (non-hydrogen) atoms. The van der Waals surface area contributed by atoms with Crippen molar-refractivity contribution < 1.29 is 13.2 Å². The first-order chi connectivity index (χ1) is 13.1. The van der Waals surface area contributed by atoms with Crippen LogP contribution in [0.3, 0.4) is 0 Å². The highest BCUT2D eigenvalue weighted by atomic mass is 32.2. The third-order valence-electron chi connectivity index (χ3n) is 5.62. The maximum atomic E-state index is 11.9. The minimum atomic E-state index is -3.47. The minimum Gasteiger partial charge on any atom is -0.375 e. The number of piperidine rings is 1. The van der Waals surface area contributed by atoms with Gasteiger partial charge in [-0.05, 0) is 63.8 Å². The predicted octanol–water partition coefficient (Wildman–Crippen LogP) is 2.42. The van der Waals surface area contributed by atoms with Crippen LogP contribution in [0.5, 0.6) is 0 Å². The van der Waals surface area contributed by atoms with E-state index in [-0.39, 0.29) is 5.60 Å². The van der Waals surface area contributed by atoms with E-state index < -0.39 is 10.2 Å². The van der Waals surface area contributed by atoms with Crippen molar-refractivity contribution in [3.05, 3.63) is 24.3 Å². The van der Waals surface area contributed by atoms with Gasteiger partial charge in [0.25, 0.3) is 0 Å². The number of hydrogen-bond donors (Lipinski definition) is 2. The molecule has 0 bridgehead atoms. The number of rotatable bonds is 6. The minimum absolute atomic E-state index is 0.0214. The lowest BCUT2D eigenvalue weighted by Crippen LogP contribution is -2.50. The highest BCUT2D eigenvalue weighted by Gasteiger charge is 2.30. The van der Waals surface area contributed by atoms with Crippen LogP contribution in [0.25, 0.3) is 0 Å². The van der Waals surface area contributed by atoms with Crippen molar-refractivity contribution >= 4 is 21.6 Å². The molecule has 0 amide bonds. The summed E-state index contributed by atoms with van der Waals surface area (Å²) in [5.74, 6) is 0. The van der Waals surface area contributed by atoms with Crippen LogP contribution in [-0.4, -0.2) is 64.2 Å². The molecule has 0 saturated carbocycles.